The highest BCUT2D eigenvalue weighted by Crippen LogP contribution is 2.26. The Balaban J connectivity index is 1.56. The zero-order valence-corrected chi connectivity index (χ0v) is 41.0. The highest BCUT2D eigenvalue weighted by molar-refractivity contribution is 6.08. The number of nitrogens with one attached hydrogen (secondary N) is 1. The molecule has 14 unspecified atom stereocenters. The molecule has 0 spiro atoms. The zero-order chi connectivity index (χ0) is 51.5. The molecule has 1 aromatic carbocycles. The minimum atomic E-state index is -1.20. The number of unbranched alkanes of at least 4 members (excludes halogenated alkanes) is 4. The van der Waals surface area contributed by atoms with E-state index in [1.165, 1.54) is 18.1 Å². The summed E-state index contributed by atoms with van der Waals surface area (Å²) in [5.41, 5.74) is 1.91. The number of allylic oxidation sites excluding steroid dienone is 1. The van der Waals surface area contributed by atoms with Gasteiger partial charge in [0.15, 0.2) is 0 Å². The largest absolute Gasteiger partial charge is 0.499 e. The molecule has 0 aromatic heterocycles. The predicted molar refractivity (Wildman–Crippen MR) is 258 cm³/mol. The van der Waals surface area contributed by atoms with Crippen molar-refractivity contribution in [3.8, 4) is 0 Å². The van der Waals surface area contributed by atoms with Crippen LogP contribution in [0.3, 0.4) is 0 Å². The number of amides is 3. The zero-order valence-electron chi connectivity index (χ0n) is 41.0. The summed E-state index contributed by atoms with van der Waals surface area (Å²) in [6.07, 6.45) is -4.13. The van der Waals surface area contributed by atoms with Gasteiger partial charge in [-0.25, -0.2) is 0 Å². The third-order valence-electron chi connectivity index (χ3n) is 12.6. The molecule has 13 N–H and O–H groups in total. The molecule has 0 fully saturated rings. The van der Waals surface area contributed by atoms with E-state index in [2.05, 4.69) is 12.2 Å². The Morgan fingerprint density at radius 3 is 1.42 bits per heavy atom. The van der Waals surface area contributed by atoms with Crippen LogP contribution in [0.5, 0.6) is 0 Å². The van der Waals surface area contributed by atoms with Gasteiger partial charge in [-0.1, -0.05) is 81.4 Å². The van der Waals surface area contributed by atoms with Crippen molar-refractivity contribution in [1.82, 2.24) is 10.2 Å². The molecule has 0 radical (unpaired) electrons. The van der Waals surface area contributed by atoms with Gasteiger partial charge < -0.3 is 71.3 Å². The number of methoxy groups -OCH3 is 1. The van der Waals surface area contributed by atoms with Crippen LogP contribution in [-0.2, 0) is 25.5 Å². The predicted octanol–water partition coefficient (Wildman–Crippen LogP) is 1.57. The van der Waals surface area contributed by atoms with Crippen molar-refractivity contribution in [2.45, 2.75) is 222 Å². The van der Waals surface area contributed by atoms with Crippen molar-refractivity contribution in [2.75, 3.05) is 13.7 Å². The Morgan fingerprint density at radius 1 is 0.609 bits per heavy atom. The molecule has 1 aromatic rings. The van der Waals surface area contributed by atoms with E-state index < -0.39 is 79.3 Å². The Morgan fingerprint density at radius 2 is 1.00 bits per heavy atom. The van der Waals surface area contributed by atoms with E-state index in [4.69, 9.17) is 4.74 Å². The van der Waals surface area contributed by atoms with Gasteiger partial charge in [0.05, 0.1) is 80.4 Å². The van der Waals surface area contributed by atoms with Gasteiger partial charge in [0.25, 0.3) is 11.8 Å². The fraction of sp³-hybridized carbons (Fsp3) is 0.745. The maximum atomic E-state index is 13.3. The Bertz CT molecular complexity index is 1640. The van der Waals surface area contributed by atoms with Crippen LogP contribution in [0.15, 0.2) is 53.8 Å². The first-order chi connectivity index (χ1) is 32.7. The molecule has 14 atom stereocenters. The lowest BCUT2D eigenvalue weighted by atomic mass is 9.94. The van der Waals surface area contributed by atoms with E-state index in [0.29, 0.717) is 30.9 Å². The van der Waals surface area contributed by atoms with Crippen LogP contribution < -0.4 is 5.32 Å². The van der Waals surface area contributed by atoms with Crippen LogP contribution in [0.1, 0.15) is 141 Å². The van der Waals surface area contributed by atoms with Crippen LogP contribution in [0.25, 0.3) is 0 Å². The Kier molecular flexibility index (Phi) is 30.5. The SMILES string of the molecule is COC1=CC(=O)N(C(=O)C=C(C)CC(C)CCCCCCCC(O)CC(O)CC(O)CC(O)CC(O)CC(O)CC(O)CC(O)CC(O)CC(O)CC(O)CC(O)CNC=O)C1Cc1ccccc1. The van der Waals surface area contributed by atoms with Gasteiger partial charge >= 0.3 is 0 Å². The number of hydrogen-bond acceptors (Lipinski definition) is 16. The number of carbonyl (C=O) groups excluding carboxylic acids is 3. The molecule has 0 saturated heterocycles. The molecule has 0 aliphatic carbocycles. The Labute approximate surface area is 408 Å². The number of aliphatic hydroxyl groups is 12. The van der Waals surface area contributed by atoms with Crippen LogP contribution in [0, 0.1) is 5.92 Å². The molecule has 18 heteroatoms. The smallest absolute Gasteiger partial charge is 0.257 e. The summed E-state index contributed by atoms with van der Waals surface area (Å²) in [5, 5.41) is 126. The van der Waals surface area contributed by atoms with Gasteiger partial charge in [0.2, 0.25) is 6.41 Å². The van der Waals surface area contributed by atoms with Gasteiger partial charge in [0.1, 0.15) is 11.8 Å². The van der Waals surface area contributed by atoms with Crippen LogP contribution in [0.2, 0.25) is 0 Å². The standard InChI is InChI=1S/C51H86N2O16/c1-33(16-34(2)17-50(67)53-48(49(69-3)30-51(53)68)18-35-13-9-7-10-14-35)12-8-5-4-6-11-15-36(55)19-37(56)20-38(57)21-39(58)22-40(59)23-41(60)24-42(61)25-43(62)26-44(63)27-45(64)28-46(65)29-47(66)31-52-32-54/h7,9-10,13-14,17,30,32-33,36-48,55-66H,4-6,8,11-12,15-16,18-29,31H2,1-3H3,(H,52,54). The van der Waals surface area contributed by atoms with E-state index in [1.54, 1.807) is 6.08 Å². The van der Waals surface area contributed by atoms with Crippen molar-refractivity contribution < 1.29 is 80.4 Å². The van der Waals surface area contributed by atoms with E-state index in [-0.39, 0.29) is 89.0 Å². The number of rotatable bonds is 39. The van der Waals surface area contributed by atoms with Gasteiger partial charge in [-0.2, -0.15) is 0 Å². The molecule has 1 aliphatic rings. The molecule has 3 amide bonds. The number of benzene rings is 1. The van der Waals surface area contributed by atoms with Crippen LogP contribution in [0.4, 0.5) is 0 Å². The molecule has 396 valence electrons. The van der Waals surface area contributed by atoms with Crippen molar-refractivity contribution in [1.29, 1.82) is 0 Å². The normalized spacial score (nSPS) is 20.1. The topological polar surface area (TPSA) is 318 Å². The lowest BCUT2D eigenvalue weighted by molar-refractivity contribution is -0.139. The van der Waals surface area contributed by atoms with Crippen molar-refractivity contribution >= 4 is 18.2 Å². The summed E-state index contributed by atoms with van der Waals surface area (Å²) in [4.78, 5) is 37.7. The number of carbonyl (C=O) groups is 3. The van der Waals surface area contributed by atoms with E-state index in [0.717, 1.165) is 56.1 Å². The van der Waals surface area contributed by atoms with Gasteiger partial charge in [0, 0.05) is 31.5 Å². The molecule has 18 nitrogen and oxygen atoms in total. The van der Waals surface area contributed by atoms with Crippen molar-refractivity contribution in [3.05, 3.63) is 59.4 Å². The molecule has 0 saturated carbocycles. The summed E-state index contributed by atoms with van der Waals surface area (Å²) >= 11 is 0. The monoisotopic (exact) mass is 983 g/mol. The van der Waals surface area contributed by atoms with E-state index >= 15 is 0 Å². The fourth-order valence-electron chi connectivity index (χ4n) is 9.25. The molecular formula is C51H86N2O16. The molecule has 2 rings (SSSR count). The van der Waals surface area contributed by atoms with Crippen LogP contribution >= 0.6 is 0 Å². The van der Waals surface area contributed by atoms with Gasteiger partial charge in [-0.3, -0.25) is 19.3 Å². The quantitative estimate of drug-likeness (QED) is 0.0253. The third-order valence-corrected chi connectivity index (χ3v) is 12.6. The third kappa shape index (κ3) is 27.2. The number of ether oxygens (including phenoxy) is 1. The van der Waals surface area contributed by atoms with Crippen LogP contribution in [-0.4, -0.2) is 177 Å². The maximum Gasteiger partial charge on any atom is 0.257 e. The molecular weight excluding hydrogens is 897 g/mol. The number of imide groups is 1. The molecule has 1 heterocycles. The number of nitrogens with zero attached hydrogens (tertiary/aromatic N) is 1. The molecule has 0 bridgehead atoms. The van der Waals surface area contributed by atoms with Gasteiger partial charge in [-0.15, -0.1) is 0 Å². The highest BCUT2D eigenvalue weighted by Gasteiger charge is 2.37. The first-order valence-electron chi connectivity index (χ1n) is 24.9. The number of aliphatic hydroxyl groups excluding tert-OH is 12. The fourth-order valence-corrected chi connectivity index (χ4v) is 9.25. The second-order valence-electron chi connectivity index (χ2n) is 19.6. The van der Waals surface area contributed by atoms with E-state index in [9.17, 15) is 75.7 Å². The second-order valence-corrected chi connectivity index (χ2v) is 19.6. The minimum Gasteiger partial charge on any atom is -0.499 e. The van der Waals surface area contributed by atoms with E-state index in [1.807, 2.05) is 37.3 Å². The Hall–Kier alpha value is -3.37. The minimum absolute atomic E-state index is 0.0622. The average Bonchev–Trinajstić information content (AvgIpc) is 3.55. The summed E-state index contributed by atoms with van der Waals surface area (Å²) in [7, 11) is 1.50. The summed E-state index contributed by atoms with van der Waals surface area (Å²) in [6.45, 7) is 4.00. The maximum absolute atomic E-state index is 13.3. The second kappa shape index (κ2) is 34.1. The lowest BCUT2D eigenvalue weighted by Crippen LogP contribution is -2.41. The first kappa shape index (κ1) is 61.7. The molecule has 69 heavy (non-hydrogen) atoms. The first-order valence-corrected chi connectivity index (χ1v) is 24.9. The van der Waals surface area contributed by atoms with Gasteiger partial charge in [-0.05, 0) is 95.5 Å². The van der Waals surface area contributed by atoms with Crippen molar-refractivity contribution in [3.63, 3.8) is 0 Å². The molecule has 1 aliphatic heterocycles. The summed E-state index contributed by atoms with van der Waals surface area (Å²) in [5.74, 6) is 0.0918. The highest BCUT2D eigenvalue weighted by atomic mass is 16.5. The average molecular weight is 983 g/mol. The van der Waals surface area contributed by atoms with Crippen molar-refractivity contribution in [2.24, 2.45) is 5.92 Å². The summed E-state index contributed by atoms with van der Waals surface area (Å²) < 4.78 is 5.45. The number of hydrogen-bond donors (Lipinski definition) is 13. The lowest BCUT2D eigenvalue weighted by Gasteiger charge is -2.24. The summed E-state index contributed by atoms with van der Waals surface area (Å²) in [6, 6.07) is 9.17.